The fourth-order valence-electron chi connectivity index (χ4n) is 0. The predicted molar refractivity (Wildman–Crippen MR) is 23.6 cm³/mol. The van der Waals surface area contributed by atoms with E-state index in [9.17, 15) is 0 Å². The largest absolute Gasteiger partial charge is 0.153 e. The molecule has 0 heterocycles. The monoisotopic (exact) mass is 339 g/mol. The molecule has 0 saturated carbocycles. The quantitative estimate of drug-likeness (QED) is 0.441. The van der Waals surface area contributed by atoms with Crippen molar-refractivity contribution in [3.8, 4) is 0 Å². The molecular formula is CH7CrFeMnMoPSi. The van der Waals surface area contributed by atoms with Crippen molar-refractivity contribution in [2.45, 2.75) is 7.43 Å². The Morgan fingerprint density at radius 1 is 1.00 bits per heavy atom. The summed E-state index contributed by atoms with van der Waals surface area (Å²) in [7, 11) is 0. The topological polar surface area (TPSA) is 0 Å². The van der Waals surface area contributed by atoms with Gasteiger partial charge in [0.25, 0.3) is 0 Å². The van der Waals surface area contributed by atoms with Gasteiger partial charge in [-0.3, -0.25) is 0 Å². The van der Waals surface area contributed by atoms with Gasteiger partial charge in [0.05, 0.1) is 0 Å². The molecule has 47 valence electrons. The van der Waals surface area contributed by atoms with Gasteiger partial charge in [0.1, 0.15) is 0 Å². The summed E-state index contributed by atoms with van der Waals surface area (Å²) < 4.78 is 0. The van der Waals surface area contributed by atoms with Crippen molar-refractivity contribution in [3.05, 3.63) is 0 Å². The van der Waals surface area contributed by atoms with Gasteiger partial charge in [-0.1, -0.05) is 7.43 Å². The minimum absolute atomic E-state index is 0. The Bertz CT molecular complexity index is 19.7. The van der Waals surface area contributed by atoms with Crippen LogP contribution in [0.1, 0.15) is 7.43 Å². The Hall–Kier alpha value is 2.91. The molecule has 0 spiro atoms. The van der Waals surface area contributed by atoms with Crippen molar-refractivity contribution < 1.29 is 72.6 Å². The van der Waals surface area contributed by atoms with Crippen molar-refractivity contribution >= 4 is 20.9 Å². The van der Waals surface area contributed by atoms with Crippen LogP contribution in [0, 0.1) is 0 Å². The molecule has 7 heavy (non-hydrogen) atoms. The van der Waals surface area contributed by atoms with E-state index in [1.807, 2.05) is 0 Å². The molecular weight excluding hydrogens is 330 g/mol. The summed E-state index contributed by atoms with van der Waals surface area (Å²) in [6, 6.07) is 0. The molecule has 1 unspecified atom stereocenters. The summed E-state index contributed by atoms with van der Waals surface area (Å²) in [5, 5.41) is 0. The Morgan fingerprint density at radius 2 is 1.00 bits per heavy atom. The zero-order chi connectivity index (χ0) is 0. The zero-order valence-electron chi connectivity index (χ0n) is 2.76. The van der Waals surface area contributed by atoms with Gasteiger partial charge in [-0.15, -0.1) is 0 Å². The van der Waals surface area contributed by atoms with E-state index >= 15 is 0 Å². The van der Waals surface area contributed by atoms with Gasteiger partial charge >= 0.3 is 0 Å². The average molecular weight is 337 g/mol. The summed E-state index contributed by atoms with van der Waals surface area (Å²) in [4.78, 5) is 0. The molecule has 0 nitrogen and oxygen atoms in total. The van der Waals surface area contributed by atoms with Crippen molar-refractivity contribution in [1.29, 1.82) is 0 Å². The van der Waals surface area contributed by atoms with E-state index in [4.69, 9.17) is 0 Å². The third-order valence-corrected chi connectivity index (χ3v) is 0. The number of rotatable bonds is 0. The van der Waals surface area contributed by atoms with Crippen LogP contribution >= 0.6 is 9.90 Å². The van der Waals surface area contributed by atoms with Gasteiger partial charge in [-0.05, 0) is 0 Å². The van der Waals surface area contributed by atoms with E-state index in [2.05, 4.69) is 0 Å². The standard InChI is InChI=1S/CH4.Cr.Fe.Mn.Mo.H3P.Si/h1H4;;;;;1H3;. The molecule has 5 radical (unpaired) electrons. The fourth-order valence-corrected chi connectivity index (χ4v) is 0. The maximum atomic E-state index is 0. The van der Waals surface area contributed by atoms with Crippen LogP contribution in [0.25, 0.3) is 0 Å². The Labute approximate surface area is 99.7 Å². The first-order valence-electron chi connectivity index (χ1n) is 0. The van der Waals surface area contributed by atoms with E-state index < -0.39 is 0 Å². The third-order valence-electron chi connectivity index (χ3n) is 0. The van der Waals surface area contributed by atoms with Crippen LogP contribution in [0.4, 0.5) is 0 Å². The fraction of sp³-hybridized carbons (Fsp3) is 1.00. The van der Waals surface area contributed by atoms with Gasteiger partial charge in [0, 0.05) is 83.5 Å². The van der Waals surface area contributed by atoms with E-state index in [0.29, 0.717) is 0 Å². The van der Waals surface area contributed by atoms with E-state index in [-0.39, 0.29) is 101 Å². The molecule has 0 aromatic rings. The molecule has 0 fully saturated rings. The van der Waals surface area contributed by atoms with E-state index in [1.165, 1.54) is 0 Å². The molecule has 6 heteroatoms. The Kier molecular flexibility index (Phi) is 876. The van der Waals surface area contributed by atoms with Crippen LogP contribution in [0.2, 0.25) is 0 Å². The Balaban J connectivity index is 0. The minimum atomic E-state index is 0. The van der Waals surface area contributed by atoms with Crippen LogP contribution in [-0.4, -0.2) is 11.0 Å². The van der Waals surface area contributed by atoms with Crippen LogP contribution in [0.3, 0.4) is 0 Å². The molecule has 0 aromatic carbocycles. The predicted octanol–water partition coefficient (Wildman–Crippen LogP) is 0.303. The second-order valence-electron chi connectivity index (χ2n) is 0. The van der Waals surface area contributed by atoms with Crippen molar-refractivity contribution in [2.75, 3.05) is 0 Å². The molecule has 0 aliphatic rings. The molecule has 0 bridgehead atoms. The normalized spacial score (nSPS) is 0. The van der Waals surface area contributed by atoms with Crippen LogP contribution in [0.5, 0.6) is 0 Å². The minimum Gasteiger partial charge on any atom is -0.153 e. The first-order valence-corrected chi connectivity index (χ1v) is 0. The second-order valence-corrected chi connectivity index (χ2v) is 0. The smallest absolute Gasteiger partial charge is 0 e. The SMILES string of the molecule is C.P.[Cr].[Fe].[Mn].[Mo].[Si]. The molecule has 0 aliphatic carbocycles. The summed E-state index contributed by atoms with van der Waals surface area (Å²) in [6.07, 6.45) is 0. The van der Waals surface area contributed by atoms with Crippen LogP contribution in [0.15, 0.2) is 0 Å². The molecule has 0 N–H and O–H groups in total. The third kappa shape index (κ3) is 50.3. The molecule has 1 atom stereocenters. The van der Waals surface area contributed by atoms with Crippen LogP contribution < -0.4 is 0 Å². The maximum absolute atomic E-state index is 0. The Morgan fingerprint density at radius 3 is 1.00 bits per heavy atom. The first-order chi connectivity index (χ1) is 0. The summed E-state index contributed by atoms with van der Waals surface area (Å²) in [5.41, 5.74) is 0. The van der Waals surface area contributed by atoms with Gasteiger partial charge < -0.3 is 0 Å². The van der Waals surface area contributed by atoms with Crippen molar-refractivity contribution in [3.63, 3.8) is 0 Å². The van der Waals surface area contributed by atoms with Crippen LogP contribution in [-0.2, 0) is 72.6 Å². The molecule has 0 aliphatic heterocycles. The van der Waals surface area contributed by atoms with E-state index in [1.54, 1.807) is 0 Å². The van der Waals surface area contributed by atoms with Gasteiger partial charge in [0.15, 0.2) is 0 Å². The molecule has 0 saturated heterocycles. The first kappa shape index (κ1) is 93.0. The summed E-state index contributed by atoms with van der Waals surface area (Å²) in [5.74, 6) is 0. The maximum Gasteiger partial charge on any atom is 0 e. The van der Waals surface area contributed by atoms with E-state index in [0.717, 1.165) is 0 Å². The van der Waals surface area contributed by atoms with Crippen molar-refractivity contribution in [1.82, 2.24) is 0 Å². The number of hydrogen-bond acceptors (Lipinski definition) is 0. The van der Waals surface area contributed by atoms with Gasteiger partial charge in [-0.2, -0.15) is 9.90 Å². The second kappa shape index (κ2) is 65.9. The zero-order valence-corrected chi connectivity index (χ0v) is 10.7. The summed E-state index contributed by atoms with van der Waals surface area (Å²) >= 11 is 0. The van der Waals surface area contributed by atoms with Gasteiger partial charge in [0.2, 0.25) is 0 Å². The number of hydrogen-bond donors (Lipinski definition) is 0. The van der Waals surface area contributed by atoms with Gasteiger partial charge in [-0.25, -0.2) is 0 Å². The molecule has 0 aromatic heterocycles. The molecule has 0 rings (SSSR count). The van der Waals surface area contributed by atoms with Crippen molar-refractivity contribution in [2.24, 2.45) is 0 Å². The molecule has 0 amide bonds. The average Bonchev–Trinajstić information content (AvgIpc) is 0. The summed E-state index contributed by atoms with van der Waals surface area (Å²) in [6.45, 7) is 0.